The maximum absolute atomic E-state index is 6.53. The number of methoxy groups -OCH3 is 1. The molecule has 1 heterocycles. The molecule has 4 heteroatoms. The Morgan fingerprint density at radius 1 is 1.35 bits per heavy atom. The Hall–Kier alpha value is -1.10. The van der Waals surface area contributed by atoms with Crippen LogP contribution in [-0.2, 0) is 11.2 Å². The fourth-order valence-corrected chi connectivity index (χ4v) is 3.51. The highest BCUT2D eigenvalue weighted by atomic mass is 16.5. The Morgan fingerprint density at radius 3 is 2.90 bits per heavy atom. The zero-order valence-corrected chi connectivity index (χ0v) is 12.3. The van der Waals surface area contributed by atoms with Gasteiger partial charge in [-0.2, -0.15) is 0 Å². The Balaban J connectivity index is 1.79. The number of rotatable bonds is 3. The lowest BCUT2D eigenvalue weighted by Crippen LogP contribution is -2.48. The van der Waals surface area contributed by atoms with Crippen molar-refractivity contribution >= 4 is 0 Å². The van der Waals surface area contributed by atoms with Crippen LogP contribution in [0.3, 0.4) is 0 Å². The van der Waals surface area contributed by atoms with Gasteiger partial charge >= 0.3 is 0 Å². The van der Waals surface area contributed by atoms with Crippen molar-refractivity contribution in [2.24, 2.45) is 5.73 Å². The molecule has 4 nitrogen and oxygen atoms in total. The van der Waals surface area contributed by atoms with Crippen LogP contribution in [0.4, 0.5) is 0 Å². The van der Waals surface area contributed by atoms with Crippen molar-refractivity contribution in [1.29, 1.82) is 0 Å². The second-order valence-corrected chi connectivity index (χ2v) is 5.88. The monoisotopic (exact) mass is 276 g/mol. The predicted octanol–water partition coefficient (Wildman–Crippen LogP) is 1.73. The van der Waals surface area contributed by atoms with Gasteiger partial charge in [0.25, 0.3) is 0 Å². The Bertz CT molecular complexity index is 472. The molecule has 2 aliphatic rings. The third-order valence-electron chi connectivity index (χ3n) is 4.84. The van der Waals surface area contributed by atoms with Crippen LogP contribution in [-0.4, -0.2) is 44.4 Å². The van der Waals surface area contributed by atoms with E-state index in [1.165, 1.54) is 11.1 Å². The molecule has 0 bridgehead atoms. The summed E-state index contributed by atoms with van der Waals surface area (Å²) in [5, 5.41) is 0. The summed E-state index contributed by atoms with van der Waals surface area (Å²) >= 11 is 0. The first-order valence-electron chi connectivity index (χ1n) is 7.43. The molecule has 3 rings (SSSR count). The van der Waals surface area contributed by atoms with Gasteiger partial charge in [-0.05, 0) is 49.6 Å². The van der Waals surface area contributed by atoms with Crippen molar-refractivity contribution in [3.8, 4) is 5.75 Å². The number of likely N-dealkylation sites (N-methyl/N-ethyl adjacent to an activating group) is 1. The molecule has 1 aromatic rings. The number of nitrogens with zero attached hydrogens (tertiary/aromatic N) is 1. The smallest absolute Gasteiger partial charge is 0.119 e. The van der Waals surface area contributed by atoms with Crippen molar-refractivity contribution in [1.82, 2.24) is 4.90 Å². The molecule has 1 saturated heterocycles. The minimum Gasteiger partial charge on any atom is -0.497 e. The lowest BCUT2D eigenvalue weighted by atomic mass is 9.83. The summed E-state index contributed by atoms with van der Waals surface area (Å²) in [4.78, 5) is 2.44. The highest BCUT2D eigenvalue weighted by Crippen LogP contribution is 2.34. The van der Waals surface area contributed by atoms with Crippen molar-refractivity contribution in [3.05, 3.63) is 29.3 Å². The first kappa shape index (κ1) is 13.9. The summed E-state index contributed by atoms with van der Waals surface area (Å²) in [6.45, 7) is 1.72. The lowest BCUT2D eigenvalue weighted by molar-refractivity contribution is 0.112. The van der Waals surface area contributed by atoms with Crippen LogP contribution in [0.25, 0.3) is 0 Å². The van der Waals surface area contributed by atoms with Gasteiger partial charge in [-0.3, -0.25) is 4.90 Å². The molecular weight excluding hydrogens is 252 g/mol. The predicted molar refractivity (Wildman–Crippen MR) is 79.0 cm³/mol. The molecule has 0 spiro atoms. The topological polar surface area (TPSA) is 47.7 Å². The SMILES string of the molecule is COc1ccc2c(c1)CCC(N(C)C1CCOC1)C2N. The number of ether oxygens (including phenoxy) is 2. The summed E-state index contributed by atoms with van der Waals surface area (Å²) in [5.41, 5.74) is 9.14. The maximum Gasteiger partial charge on any atom is 0.119 e. The van der Waals surface area contributed by atoms with E-state index >= 15 is 0 Å². The fourth-order valence-electron chi connectivity index (χ4n) is 3.51. The van der Waals surface area contributed by atoms with Crippen LogP contribution in [0.1, 0.15) is 30.0 Å². The second-order valence-electron chi connectivity index (χ2n) is 5.88. The van der Waals surface area contributed by atoms with E-state index in [0.717, 1.165) is 38.2 Å². The largest absolute Gasteiger partial charge is 0.497 e. The summed E-state index contributed by atoms with van der Waals surface area (Å²) in [5.74, 6) is 0.923. The molecule has 0 aromatic heterocycles. The van der Waals surface area contributed by atoms with Crippen LogP contribution >= 0.6 is 0 Å². The molecule has 110 valence electrons. The zero-order chi connectivity index (χ0) is 14.1. The van der Waals surface area contributed by atoms with Gasteiger partial charge in [-0.1, -0.05) is 6.07 Å². The number of hydrogen-bond donors (Lipinski definition) is 1. The van der Waals surface area contributed by atoms with Crippen LogP contribution in [0.15, 0.2) is 18.2 Å². The minimum absolute atomic E-state index is 0.0789. The van der Waals surface area contributed by atoms with Crippen molar-refractivity contribution < 1.29 is 9.47 Å². The molecule has 20 heavy (non-hydrogen) atoms. The molecular formula is C16H24N2O2. The van der Waals surface area contributed by atoms with E-state index in [4.69, 9.17) is 15.2 Å². The van der Waals surface area contributed by atoms with Gasteiger partial charge in [-0.25, -0.2) is 0 Å². The van der Waals surface area contributed by atoms with E-state index in [9.17, 15) is 0 Å². The van der Waals surface area contributed by atoms with Crippen LogP contribution in [0.2, 0.25) is 0 Å². The first-order chi connectivity index (χ1) is 9.70. The third-order valence-corrected chi connectivity index (χ3v) is 4.84. The summed E-state index contributed by atoms with van der Waals surface area (Å²) in [7, 11) is 3.90. The summed E-state index contributed by atoms with van der Waals surface area (Å²) in [6, 6.07) is 7.28. The van der Waals surface area contributed by atoms with Crippen molar-refractivity contribution in [3.63, 3.8) is 0 Å². The Kier molecular flexibility index (Phi) is 3.96. The molecule has 3 unspecified atom stereocenters. The highest BCUT2D eigenvalue weighted by Gasteiger charge is 2.34. The lowest BCUT2D eigenvalue weighted by Gasteiger charge is -2.40. The molecule has 1 aliphatic heterocycles. The molecule has 0 saturated carbocycles. The highest BCUT2D eigenvalue weighted by molar-refractivity contribution is 5.40. The van der Waals surface area contributed by atoms with E-state index in [2.05, 4.69) is 24.1 Å². The van der Waals surface area contributed by atoms with Gasteiger partial charge in [0.2, 0.25) is 0 Å². The molecule has 2 N–H and O–H groups in total. The Labute approximate surface area is 120 Å². The van der Waals surface area contributed by atoms with Gasteiger partial charge in [-0.15, -0.1) is 0 Å². The molecule has 3 atom stereocenters. The van der Waals surface area contributed by atoms with Gasteiger partial charge in [0.1, 0.15) is 5.75 Å². The Morgan fingerprint density at radius 2 is 2.20 bits per heavy atom. The van der Waals surface area contributed by atoms with Crippen molar-refractivity contribution in [2.75, 3.05) is 27.4 Å². The molecule has 1 fully saturated rings. The van der Waals surface area contributed by atoms with Crippen molar-refractivity contribution in [2.45, 2.75) is 37.4 Å². The molecule has 0 amide bonds. The van der Waals surface area contributed by atoms with E-state index in [1.807, 2.05) is 6.07 Å². The fraction of sp³-hybridized carbons (Fsp3) is 0.625. The van der Waals surface area contributed by atoms with E-state index < -0.39 is 0 Å². The third kappa shape index (κ3) is 2.43. The first-order valence-corrected chi connectivity index (χ1v) is 7.43. The second kappa shape index (κ2) is 5.72. The maximum atomic E-state index is 6.53. The van der Waals surface area contributed by atoms with Gasteiger partial charge in [0.05, 0.1) is 13.7 Å². The van der Waals surface area contributed by atoms with E-state index in [0.29, 0.717) is 12.1 Å². The summed E-state index contributed by atoms with van der Waals surface area (Å²) in [6.07, 6.45) is 3.30. The molecule has 1 aromatic carbocycles. The van der Waals surface area contributed by atoms with Gasteiger partial charge in [0, 0.05) is 24.7 Å². The zero-order valence-electron chi connectivity index (χ0n) is 12.3. The van der Waals surface area contributed by atoms with Crippen LogP contribution in [0.5, 0.6) is 5.75 Å². The van der Waals surface area contributed by atoms with Gasteiger partial charge < -0.3 is 15.2 Å². The number of aryl methyl sites for hydroxylation is 1. The number of fused-ring (bicyclic) bond motifs is 1. The summed E-state index contributed by atoms with van der Waals surface area (Å²) < 4.78 is 10.8. The average Bonchev–Trinajstić information content (AvgIpc) is 3.01. The number of nitrogens with two attached hydrogens (primary N) is 1. The molecule has 1 aliphatic carbocycles. The normalized spacial score (nSPS) is 29.5. The van der Waals surface area contributed by atoms with E-state index in [-0.39, 0.29) is 6.04 Å². The number of benzene rings is 1. The van der Waals surface area contributed by atoms with Crippen LogP contribution < -0.4 is 10.5 Å². The van der Waals surface area contributed by atoms with Crippen LogP contribution in [0, 0.1) is 0 Å². The average molecular weight is 276 g/mol. The quantitative estimate of drug-likeness (QED) is 0.913. The minimum atomic E-state index is 0.0789. The molecule has 0 radical (unpaired) electrons. The van der Waals surface area contributed by atoms with Gasteiger partial charge in [0.15, 0.2) is 0 Å². The standard InChI is InChI=1S/C16H24N2O2/c1-18(12-7-8-20-10-12)15-6-3-11-9-13(19-2)4-5-14(11)16(15)17/h4-5,9,12,15-16H,3,6-8,10,17H2,1-2H3. The van der Waals surface area contributed by atoms with E-state index in [1.54, 1.807) is 7.11 Å². The number of hydrogen-bond acceptors (Lipinski definition) is 4.